The summed E-state index contributed by atoms with van der Waals surface area (Å²) in [4.78, 5) is 0. The van der Waals surface area contributed by atoms with Crippen LogP contribution in [0.5, 0.6) is 0 Å². The highest BCUT2D eigenvalue weighted by molar-refractivity contribution is 5.28. The fourth-order valence-electron chi connectivity index (χ4n) is 1.78. The molecule has 0 heteroatoms. The zero-order chi connectivity index (χ0) is 16.3. The van der Waals surface area contributed by atoms with E-state index in [9.17, 15) is 0 Å². The third-order valence-corrected chi connectivity index (χ3v) is 3.20. The van der Waals surface area contributed by atoms with Crippen molar-refractivity contribution in [1.82, 2.24) is 0 Å². The largest absolute Gasteiger partial charge is 0.0802 e. The van der Waals surface area contributed by atoms with Gasteiger partial charge in [0, 0.05) is 0 Å². The van der Waals surface area contributed by atoms with Crippen molar-refractivity contribution in [3.8, 4) is 0 Å². The molecule has 0 N–H and O–H groups in total. The second kappa shape index (κ2) is 13.1. The topological polar surface area (TPSA) is 0 Å². The molecule has 0 amide bonds. The van der Waals surface area contributed by atoms with Crippen LogP contribution in [0.25, 0.3) is 0 Å². The summed E-state index contributed by atoms with van der Waals surface area (Å²) in [6.07, 6.45) is 9.79. The molecule has 0 saturated heterocycles. The van der Waals surface area contributed by atoms with Gasteiger partial charge < -0.3 is 0 Å². The molecule has 0 aromatic heterocycles. The van der Waals surface area contributed by atoms with E-state index in [4.69, 9.17) is 0 Å². The maximum absolute atomic E-state index is 2.21. The van der Waals surface area contributed by atoms with Crippen LogP contribution in [0.2, 0.25) is 0 Å². The van der Waals surface area contributed by atoms with Gasteiger partial charge in [-0.25, -0.2) is 0 Å². The summed E-state index contributed by atoms with van der Waals surface area (Å²) < 4.78 is 0. The van der Waals surface area contributed by atoms with Crippen molar-refractivity contribution in [2.45, 2.75) is 68.2 Å². The van der Waals surface area contributed by atoms with E-state index in [2.05, 4.69) is 83.2 Å². The highest BCUT2D eigenvalue weighted by Gasteiger charge is 1.95. The molecule has 22 heavy (non-hydrogen) atoms. The zero-order valence-corrected chi connectivity index (χ0v) is 14.9. The Morgan fingerprint density at radius 3 is 1.91 bits per heavy atom. The Hall–Kier alpha value is -1.56. The molecule has 1 aromatic rings. The third-order valence-electron chi connectivity index (χ3n) is 3.20. The summed E-state index contributed by atoms with van der Waals surface area (Å²) in [5, 5.41) is 0. The molecule has 1 aromatic carbocycles. The van der Waals surface area contributed by atoms with E-state index in [1.54, 1.807) is 0 Å². The number of aryl methyl sites for hydroxylation is 1. The van der Waals surface area contributed by atoms with Gasteiger partial charge in [0.1, 0.15) is 0 Å². The van der Waals surface area contributed by atoms with Crippen molar-refractivity contribution in [2.75, 3.05) is 0 Å². The van der Waals surface area contributed by atoms with Crippen LogP contribution < -0.4 is 0 Å². The smallest absolute Gasteiger partial charge is 0.0135 e. The summed E-state index contributed by atoms with van der Waals surface area (Å²) in [7, 11) is 0. The highest BCUT2D eigenvalue weighted by Crippen LogP contribution is 2.13. The number of hydrogen-bond acceptors (Lipinski definition) is 0. The number of rotatable bonds is 1. The predicted octanol–water partition coefficient (Wildman–Crippen LogP) is 7.62. The SMILES string of the molecule is C.CC.CC1=CC=C(C)CC=C1.Cc1ccc(C(C)C)cc1. The summed E-state index contributed by atoms with van der Waals surface area (Å²) in [5.41, 5.74) is 5.53. The van der Waals surface area contributed by atoms with Gasteiger partial charge in [0.25, 0.3) is 0 Å². The first kappa shape index (κ1) is 22.7. The molecular weight excluding hydrogens is 264 g/mol. The molecule has 0 unspecified atom stereocenters. The van der Waals surface area contributed by atoms with Gasteiger partial charge in [-0.15, -0.1) is 0 Å². The lowest BCUT2D eigenvalue weighted by Gasteiger charge is -2.03. The first-order valence-electron chi connectivity index (χ1n) is 8.06. The van der Waals surface area contributed by atoms with E-state index >= 15 is 0 Å². The van der Waals surface area contributed by atoms with E-state index in [1.165, 1.54) is 22.3 Å². The molecule has 0 heterocycles. The van der Waals surface area contributed by atoms with Gasteiger partial charge in [-0.3, -0.25) is 0 Å². The summed E-state index contributed by atoms with van der Waals surface area (Å²) in [6, 6.07) is 8.71. The van der Waals surface area contributed by atoms with Crippen molar-refractivity contribution in [3.05, 3.63) is 70.8 Å². The van der Waals surface area contributed by atoms with Crippen molar-refractivity contribution in [1.29, 1.82) is 0 Å². The van der Waals surface area contributed by atoms with Crippen LogP contribution >= 0.6 is 0 Å². The molecule has 0 saturated carbocycles. The van der Waals surface area contributed by atoms with Gasteiger partial charge in [0.2, 0.25) is 0 Å². The van der Waals surface area contributed by atoms with Gasteiger partial charge in [-0.1, -0.05) is 100 Å². The summed E-state index contributed by atoms with van der Waals surface area (Å²) >= 11 is 0. The molecule has 0 fully saturated rings. The average Bonchev–Trinajstić information content (AvgIpc) is 2.66. The Morgan fingerprint density at radius 2 is 1.41 bits per heavy atom. The monoisotopic (exact) mass is 300 g/mol. The van der Waals surface area contributed by atoms with E-state index < -0.39 is 0 Å². The lowest BCUT2D eigenvalue weighted by Crippen LogP contribution is -1.85. The van der Waals surface area contributed by atoms with Crippen LogP contribution in [0.15, 0.2) is 59.7 Å². The minimum atomic E-state index is 0. The molecule has 0 atom stereocenters. The van der Waals surface area contributed by atoms with Crippen LogP contribution in [-0.2, 0) is 0 Å². The van der Waals surface area contributed by atoms with Crippen LogP contribution in [0.4, 0.5) is 0 Å². The Bertz CT molecular complexity index is 467. The maximum Gasteiger partial charge on any atom is -0.0135 e. The molecule has 0 spiro atoms. The van der Waals surface area contributed by atoms with Gasteiger partial charge >= 0.3 is 0 Å². The van der Waals surface area contributed by atoms with Gasteiger partial charge in [-0.2, -0.15) is 0 Å². The van der Waals surface area contributed by atoms with Gasteiger partial charge in [-0.05, 0) is 38.7 Å². The lowest BCUT2D eigenvalue weighted by atomic mass is 10.0. The first-order valence-corrected chi connectivity index (χ1v) is 8.06. The number of allylic oxidation sites excluding steroid dienone is 6. The van der Waals surface area contributed by atoms with Crippen molar-refractivity contribution in [3.63, 3.8) is 0 Å². The van der Waals surface area contributed by atoms with Crippen LogP contribution in [0.3, 0.4) is 0 Å². The van der Waals surface area contributed by atoms with Crippen molar-refractivity contribution in [2.24, 2.45) is 0 Å². The summed E-state index contributed by atoms with van der Waals surface area (Å²) in [5.74, 6) is 0.653. The standard InChI is InChI=1S/C10H14.C9H12.C2H6.CH4/c1-8(2)10-6-4-9(3)5-7-10;1-8-4-3-5-9(2)7-6-8;1-2;/h4-8H,1-3H3;3-4,6-7H,5H2,1-2H3;1-2H3;1H4. The van der Waals surface area contributed by atoms with E-state index in [0.717, 1.165) is 6.42 Å². The van der Waals surface area contributed by atoms with Crippen LogP contribution in [0, 0.1) is 6.92 Å². The average molecular weight is 301 g/mol. The number of hydrogen-bond donors (Lipinski definition) is 0. The molecule has 1 aliphatic rings. The van der Waals surface area contributed by atoms with Gasteiger partial charge in [0.15, 0.2) is 0 Å². The molecule has 0 aliphatic heterocycles. The summed E-state index contributed by atoms with van der Waals surface area (Å²) in [6.45, 7) is 14.8. The maximum atomic E-state index is 2.21. The molecular formula is C22H36. The van der Waals surface area contributed by atoms with Crippen molar-refractivity contribution < 1.29 is 0 Å². The number of benzene rings is 1. The predicted molar refractivity (Wildman–Crippen MR) is 105 cm³/mol. The Balaban J connectivity index is 0. The molecule has 1 aliphatic carbocycles. The fraction of sp³-hybridized carbons (Fsp3) is 0.455. The first-order chi connectivity index (χ1) is 9.99. The van der Waals surface area contributed by atoms with E-state index in [1.807, 2.05) is 13.8 Å². The Labute approximate surface area is 139 Å². The molecule has 0 bridgehead atoms. The molecule has 0 nitrogen and oxygen atoms in total. The minimum Gasteiger partial charge on any atom is -0.0802 e. The van der Waals surface area contributed by atoms with Crippen LogP contribution in [0.1, 0.15) is 72.4 Å². The highest BCUT2D eigenvalue weighted by atomic mass is 14.0. The second-order valence-electron chi connectivity index (χ2n) is 5.60. The van der Waals surface area contributed by atoms with E-state index in [-0.39, 0.29) is 7.43 Å². The fourth-order valence-corrected chi connectivity index (χ4v) is 1.78. The minimum absolute atomic E-state index is 0. The normalized spacial score (nSPS) is 12.5. The van der Waals surface area contributed by atoms with E-state index in [0.29, 0.717) is 5.92 Å². The third kappa shape index (κ3) is 10.2. The Morgan fingerprint density at radius 1 is 0.864 bits per heavy atom. The quantitative estimate of drug-likeness (QED) is 0.500. The second-order valence-corrected chi connectivity index (χ2v) is 5.60. The molecule has 124 valence electrons. The molecule has 0 radical (unpaired) electrons. The van der Waals surface area contributed by atoms with Crippen LogP contribution in [-0.4, -0.2) is 0 Å². The van der Waals surface area contributed by atoms with Gasteiger partial charge in [0.05, 0.1) is 0 Å². The Kier molecular flexibility index (Phi) is 13.6. The van der Waals surface area contributed by atoms with Crippen molar-refractivity contribution >= 4 is 0 Å². The zero-order valence-electron chi connectivity index (χ0n) is 14.9. The lowest BCUT2D eigenvalue weighted by molar-refractivity contribution is 0.866. The molecule has 2 rings (SSSR count).